The van der Waals surface area contributed by atoms with Gasteiger partial charge in [-0.1, -0.05) is 12.8 Å². The molecular formula is C12H22N4. The highest BCUT2D eigenvalue weighted by molar-refractivity contribution is 4.97. The van der Waals surface area contributed by atoms with Crippen molar-refractivity contribution in [2.24, 2.45) is 0 Å². The van der Waals surface area contributed by atoms with Crippen molar-refractivity contribution < 1.29 is 0 Å². The molecule has 1 saturated heterocycles. The van der Waals surface area contributed by atoms with Gasteiger partial charge in [-0.15, -0.1) is 0 Å². The third kappa shape index (κ3) is 2.61. The maximum absolute atomic E-state index is 4.37. The van der Waals surface area contributed by atoms with Crippen molar-refractivity contribution in [3.05, 3.63) is 12.2 Å². The van der Waals surface area contributed by atoms with Gasteiger partial charge in [0.15, 0.2) is 0 Å². The van der Waals surface area contributed by atoms with E-state index in [0.29, 0.717) is 0 Å². The summed E-state index contributed by atoms with van der Waals surface area (Å²) in [6.07, 6.45) is 7.87. The lowest BCUT2D eigenvalue weighted by molar-refractivity contribution is 0.333. The Morgan fingerprint density at radius 1 is 1.44 bits per heavy atom. The van der Waals surface area contributed by atoms with Crippen LogP contribution in [0.25, 0.3) is 0 Å². The highest BCUT2D eigenvalue weighted by atomic mass is 15.3. The van der Waals surface area contributed by atoms with Crippen LogP contribution in [0, 0.1) is 0 Å². The molecule has 0 aromatic carbocycles. The van der Waals surface area contributed by atoms with Crippen LogP contribution in [0.4, 0.5) is 0 Å². The van der Waals surface area contributed by atoms with Crippen molar-refractivity contribution in [1.82, 2.24) is 20.1 Å². The van der Waals surface area contributed by atoms with Crippen LogP contribution in [-0.4, -0.2) is 26.8 Å². The lowest BCUT2D eigenvalue weighted by Gasteiger charge is -2.29. The second-order valence-corrected chi connectivity index (χ2v) is 4.97. The summed E-state index contributed by atoms with van der Waals surface area (Å²) < 4.78 is 2.00. The van der Waals surface area contributed by atoms with Crippen molar-refractivity contribution >= 4 is 0 Å². The summed E-state index contributed by atoms with van der Waals surface area (Å²) in [6, 6.07) is 0. The van der Waals surface area contributed by atoms with Crippen LogP contribution >= 0.6 is 0 Å². The van der Waals surface area contributed by atoms with Crippen LogP contribution < -0.4 is 5.32 Å². The van der Waals surface area contributed by atoms with E-state index in [-0.39, 0.29) is 5.54 Å². The molecule has 1 N–H and O–H groups in total. The van der Waals surface area contributed by atoms with Crippen LogP contribution in [-0.2, 0) is 13.0 Å². The van der Waals surface area contributed by atoms with Crippen molar-refractivity contribution in [2.75, 3.05) is 6.54 Å². The van der Waals surface area contributed by atoms with E-state index in [0.717, 1.165) is 25.3 Å². The largest absolute Gasteiger partial charge is 0.311 e. The smallest absolute Gasteiger partial charge is 0.138 e. The van der Waals surface area contributed by atoms with E-state index in [1.54, 1.807) is 6.33 Å². The minimum absolute atomic E-state index is 0.205. The van der Waals surface area contributed by atoms with E-state index in [9.17, 15) is 0 Å². The molecule has 0 amide bonds. The SMILES string of the molecule is CCn1ncnc1CC1(C)CCCCCN1. The van der Waals surface area contributed by atoms with E-state index in [1.165, 1.54) is 25.7 Å². The molecule has 4 nitrogen and oxygen atoms in total. The van der Waals surface area contributed by atoms with E-state index in [2.05, 4.69) is 29.2 Å². The van der Waals surface area contributed by atoms with Crippen molar-refractivity contribution in [3.63, 3.8) is 0 Å². The molecule has 0 aliphatic carbocycles. The normalized spacial score (nSPS) is 26.6. The van der Waals surface area contributed by atoms with Gasteiger partial charge in [0, 0.05) is 18.5 Å². The highest BCUT2D eigenvalue weighted by Crippen LogP contribution is 2.22. The Morgan fingerprint density at radius 3 is 3.12 bits per heavy atom. The first-order valence-corrected chi connectivity index (χ1v) is 6.35. The molecule has 1 unspecified atom stereocenters. The number of hydrogen-bond donors (Lipinski definition) is 1. The predicted octanol–water partition coefficient (Wildman–Crippen LogP) is 1.76. The molecule has 90 valence electrons. The monoisotopic (exact) mass is 222 g/mol. The summed E-state index contributed by atoms with van der Waals surface area (Å²) in [4.78, 5) is 4.37. The fourth-order valence-electron chi connectivity index (χ4n) is 2.48. The van der Waals surface area contributed by atoms with Crippen LogP contribution in [0.3, 0.4) is 0 Å². The molecule has 2 heterocycles. The van der Waals surface area contributed by atoms with Gasteiger partial charge >= 0.3 is 0 Å². The minimum Gasteiger partial charge on any atom is -0.311 e. The average Bonchev–Trinajstić information content (AvgIpc) is 2.59. The minimum atomic E-state index is 0.205. The van der Waals surface area contributed by atoms with E-state index in [4.69, 9.17) is 0 Å². The standard InChI is InChI=1S/C12H22N4/c1-3-16-11(13-10-15-16)9-12(2)7-5-4-6-8-14-12/h10,14H,3-9H2,1-2H3. The summed E-state index contributed by atoms with van der Waals surface area (Å²) in [6.45, 7) is 6.47. The van der Waals surface area contributed by atoms with Gasteiger partial charge < -0.3 is 5.32 Å². The Balaban J connectivity index is 2.06. The number of aromatic nitrogens is 3. The van der Waals surface area contributed by atoms with Crippen LogP contribution in [0.1, 0.15) is 45.4 Å². The maximum Gasteiger partial charge on any atom is 0.138 e. The Bertz CT molecular complexity index is 324. The van der Waals surface area contributed by atoms with Crippen LogP contribution in [0.15, 0.2) is 6.33 Å². The van der Waals surface area contributed by atoms with Crippen LogP contribution in [0.2, 0.25) is 0 Å². The number of nitrogens with zero attached hydrogens (tertiary/aromatic N) is 3. The van der Waals surface area contributed by atoms with Gasteiger partial charge in [-0.05, 0) is 33.2 Å². The summed E-state index contributed by atoms with van der Waals surface area (Å²) in [5, 5.41) is 7.90. The summed E-state index contributed by atoms with van der Waals surface area (Å²) >= 11 is 0. The summed E-state index contributed by atoms with van der Waals surface area (Å²) in [5.41, 5.74) is 0.205. The van der Waals surface area contributed by atoms with E-state index < -0.39 is 0 Å². The fraction of sp³-hybridized carbons (Fsp3) is 0.833. The summed E-state index contributed by atoms with van der Waals surface area (Å²) in [7, 11) is 0. The van der Waals surface area contributed by atoms with Crippen LogP contribution in [0.5, 0.6) is 0 Å². The van der Waals surface area contributed by atoms with Gasteiger partial charge in [0.05, 0.1) is 0 Å². The van der Waals surface area contributed by atoms with Gasteiger partial charge in [0.1, 0.15) is 12.2 Å². The van der Waals surface area contributed by atoms with Gasteiger partial charge in [-0.25, -0.2) is 4.98 Å². The van der Waals surface area contributed by atoms with Crippen molar-refractivity contribution in [3.8, 4) is 0 Å². The number of aryl methyl sites for hydroxylation is 1. The zero-order valence-electron chi connectivity index (χ0n) is 10.4. The molecule has 1 fully saturated rings. The average molecular weight is 222 g/mol. The van der Waals surface area contributed by atoms with Gasteiger partial charge in [0.2, 0.25) is 0 Å². The zero-order chi connectivity index (χ0) is 11.4. The highest BCUT2D eigenvalue weighted by Gasteiger charge is 2.27. The molecule has 0 bridgehead atoms. The molecule has 0 radical (unpaired) electrons. The van der Waals surface area contributed by atoms with E-state index >= 15 is 0 Å². The van der Waals surface area contributed by atoms with Gasteiger partial charge in [0.25, 0.3) is 0 Å². The summed E-state index contributed by atoms with van der Waals surface area (Å²) in [5.74, 6) is 1.11. The molecule has 2 rings (SSSR count). The molecular weight excluding hydrogens is 200 g/mol. The Morgan fingerprint density at radius 2 is 2.31 bits per heavy atom. The Hall–Kier alpha value is -0.900. The second kappa shape index (κ2) is 4.95. The molecule has 4 heteroatoms. The van der Waals surface area contributed by atoms with Gasteiger partial charge in [-0.2, -0.15) is 5.10 Å². The molecule has 1 atom stereocenters. The Kier molecular flexibility index (Phi) is 3.59. The fourth-order valence-corrected chi connectivity index (χ4v) is 2.48. The predicted molar refractivity (Wildman–Crippen MR) is 64.3 cm³/mol. The molecule has 0 spiro atoms. The first-order chi connectivity index (χ1) is 7.73. The maximum atomic E-state index is 4.37. The lowest BCUT2D eigenvalue weighted by Crippen LogP contribution is -2.44. The van der Waals surface area contributed by atoms with Gasteiger partial charge in [-0.3, -0.25) is 4.68 Å². The molecule has 1 aliphatic heterocycles. The van der Waals surface area contributed by atoms with Crippen molar-refractivity contribution in [1.29, 1.82) is 0 Å². The number of hydrogen-bond acceptors (Lipinski definition) is 3. The molecule has 1 aliphatic rings. The van der Waals surface area contributed by atoms with E-state index in [1.807, 2.05) is 4.68 Å². The lowest BCUT2D eigenvalue weighted by atomic mass is 9.92. The zero-order valence-corrected chi connectivity index (χ0v) is 10.4. The molecule has 16 heavy (non-hydrogen) atoms. The first kappa shape index (κ1) is 11.6. The Labute approximate surface area is 97.5 Å². The molecule has 0 saturated carbocycles. The number of nitrogens with one attached hydrogen (secondary N) is 1. The number of rotatable bonds is 3. The first-order valence-electron chi connectivity index (χ1n) is 6.35. The quantitative estimate of drug-likeness (QED) is 0.847. The third-order valence-corrected chi connectivity index (χ3v) is 3.50. The van der Waals surface area contributed by atoms with Crippen molar-refractivity contribution in [2.45, 2.75) is 58.0 Å². The second-order valence-electron chi connectivity index (χ2n) is 4.97. The molecule has 1 aromatic rings. The third-order valence-electron chi connectivity index (χ3n) is 3.50. The molecule has 1 aromatic heterocycles. The topological polar surface area (TPSA) is 42.7 Å².